The monoisotopic (exact) mass is 389 g/mol. The van der Waals surface area contributed by atoms with Gasteiger partial charge in [-0.1, -0.05) is 54.9 Å². The van der Waals surface area contributed by atoms with E-state index >= 15 is 0 Å². The summed E-state index contributed by atoms with van der Waals surface area (Å²) < 4.78 is 28.2. The van der Waals surface area contributed by atoms with Crippen LogP contribution in [0.1, 0.15) is 30.8 Å². The lowest BCUT2D eigenvalue weighted by Crippen LogP contribution is -2.29. The van der Waals surface area contributed by atoms with Crippen LogP contribution in [0, 0.1) is 6.92 Å². The van der Waals surface area contributed by atoms with Crippen LogP contribution < -0.4 is 4.72 Å². The predicted octanol–water partition coefficient (Wildman–Crippen LogP) is 4.47. The van der Waals surface area contributed by atoms with Crippen molar-refractivity contribution < 1.29 is 8.42 Å². The van der Waals surface area contributed by atoms with Gasteiger partial charge in [-0.05, 0) is 36.6 Å². The maximum absolute atomic E-state index is 12.7. The van der Waals surface area contributed by atoms with E-state index in [0.717, 1.165) is 16.8 Å². The van der Waals surface area contributed by atoms with Gasteiger partial charge in [-0.25, -0.2) is 18.1 Å². The van der Waals surface area contributed by atoms with E-state index in [9.17, 15) is 8.42 Å². The first kappa shape index (κ1) is 18.6. The highest BCUT2D eigenvalue weighted by molar-refractivity contribution is 7.89. The van der Waals surface area contributed by atoms with E-state index in [0.29, 0.717) is 12.2 Å². The number of imidazole rings is 1. The first-order chi connectivity index (χ1) is 12.4. The Morgan fingerprint density at radius 1 is 1.19 bits per heavy atom. The molecule has 0 bridgehead atoms. The van der Waals surface area contributed by atoms with E-state index in [1.807, 2.05) is 44.2 Å². The van der Waals surface area contributed by atoms with Crippen LogP contribution in [0.5, 0.6) is 0 Å². The summed E-state index contributed by atoms with van der Waals surface area (Å²) in [5, 5.41) is 0.205. The molecule has 0 radical (unpaired) electrons. The van der Waals surface area contributed by atoms with Gasteiger partial charge in [0.15, 0.2) is 0 Å². The number of hydrogen-bond donors (Lipinski definition) is 2. The SMILES string of the molecule is CCC(NS(=O)(=O)c1ccc(C)cc1Cl)c1ncc(-c2ccccc2)[nH]1. The van der Waals surface area contributed by atoms with E-state index in [1.165, 1.54) is 6.07 Å². The third-order valence-corrected chi connectivity index (χ3v) is 6.05. The Kier molecular flexibility index (Phi) is 5.46. The topological polar surface area (TPSA) is 74.8 Å². The average molecular weight is 390 g/mol. The van der Waals surface area contributed by atoms with Crippen molar-refractivity contribution in [3.05, 3.63) is 71.1 Å². The summed E-state index contributed by atoms with van der Waals surface area (Å²) in [5.74, 6) is 0.568. The summed E-state index contributed by atoms with van der Waals surface area (Å²) in [4.78, 5) is 7.64. The summed E-state index contributed by atoms with van der Waals surface area (Å²) in [6.07, 6.45) is 2.25. The van der Waals surface area contributed by atoms with Crippen LogP contribution in [0.2, 0.25) is 5.02 Å². The number of aromatic nitrogens is 2. The van der Waals surface area contributed by atoms with Crippen molar-refractivity contribution in [2.45, 2.75) is 31.2 Å². The van der Waals surface area contributed by atoms with Gasteiger partial charge < -0.3 is 4.98 Å². The van der Waals surface area contributed by atoms with Crippen molar-refractivity contribution in [1.29, 1.82) is 0 Å². The minimum absolute atomic E-state index is 0.0676. The fraction of sp³-hybridized carbons (Fsp3) is 0.211. The highest BCUT2D eigenvalue weighted by Gasteiger charge is 2.24. The van der Waals surface area contributed by atoms with Gasteiger partial charge in [0.1, 0.15) is 10.7 Å². The Hall–Kier alpha value is -2.15. The molecular weight excluding hydrogens is 370 g/mol. The highest BCUT2D eigenvalue weighted by Crippen LogP contribution is 2.26. The summed E-state index contributed by atoms with van der Waals surface area (Å²) in [6.45, 7) is 3.76. The van der Waals surface area contributed by atoms with Gasteiger partial charge in [0.2, 0.25) is 10.0 Å². The number of rotatable bonds is 6. The highest BCUT2D eigenvalue weighted by atomic mass is 35.5. The average Bonchev–Trinajstić information content (AvgIpc) is 3.10. The molecule has 7 heteroatoms. The lowest BCUT2D eigenvalue weighted by molar-refractivity contribution is 0.539. The summed E-state index contributed by atoms with van der Waals surface area (Å²) in [7, 11) is -3.76. The molecule has 26 heavy (non-hydrogen) atoms. The van der Waals surface area contributed by atoms with E-state index in [-0.39, 0.29) is 9.92 Å². The molecule has 0 saturated carbocycles. The zero-order valence-corrected chi connectivity index (χ0v) is 16.1. The maximum atomic E-state index is 12.7. The van der Waals surface area contributed by atoms with E-state index in [4.69, 9.17) is 11.6 Å². The molecule has 0 amide bonds. The summed E-state index contributed by atoms with van der Waals surface area (Å²) >= 11 is 6.13. The second-order valence-corrected chi connectivity index (χ2v) is 8.15. The van der Waals surface area contributed by atoms with E-state index in [2.05, 4.69) is 14.7 Å². The van der Waals surface area contributed by atoms with Crippen molar-refractivity contribution in [2.24, 2.45) is 0 Å². The number of halogens is 1. The third-order valence-electron chi connectivity index (χ3n) is 4.09. The second-order valence-electron chi connectivity index (χ2n) is 6.06. The molecule has 0 aliphatic carbocycles. The first-order valence-corrected chi connectivity index (χ1v) is 10.2. The van der Waals surface area contributed by atoms with Crippen LogP contribution in [-0.4, -0.2) is 18.4 Å². The van der Waals surface area contributed by atoms with Crippen LogP contribution in [0.25, 0.3) is 11.3 Å². The number of H-pyrrole nitrogens is 1. The number of nitrogens with zero attached hydrogens (tertiary/aromatic N) is 1. The Morgan fingerprint density at radius 3 is 2.58 bits per heavy atom. The van der Waals surface area contributed by atoms with Crippen LogP contribution in [0.3, 0.4) is 0 Å². The van der Waals surface area contributed by atoms with Gasteiger partial charge in [-0.3, -0.25) is 0 Å². The Labute approximate surface area is 158 Å². The van der Waals surface area contributed by atoms with Crippen molar-refractivity contribution in [3.63, 3.8) is 0 Å². The summed E-state index contributed by atoms with van der Waals surface area (Å²) in [5.41, 5.74) is 2.73. The van der Waals surface area contributed by atoms with E-state index in [1.54, 1.807) is 18.3 Å². The minimum atomic E-state index is -3.76. The normalized spacial score (nSPS) is 12.9. The molecule has 0 aliphatic heterocycles. The van der Waals surface area contributed by atoms with Gasteiger partial charge >= 0.3 is 0 Å². The molecule has 136 valence electrons. The third kappa shape index (κ3) is 3.98. The van der Waals surface area contributed by atoms with Crippen molar-refractivity contribution in [1.82, 2.24) is 14.7 Å². The van der Waals surface area contributed by atoms with Crippen LogP contribution in [0.15, 0.2) is 59.6 Å². The van der Waals surface area contributed by atoms with Gasteiger partial charge in [-0.15, -0.1) is 0 Å². The lowest BCUT2D eigenvalue weighted by atomic mass is 10.2. The molecule has 0 spiro atoms. The lowest BCUT2D eigenvalue weighted by Gasteiger charge is -2.16. The van der Waals surface area contributed by atoms with Gasteiger partial charge in [0.05, 0.1) is 23.0 Å². The second kappa shape index (κ2) is 7.61. The molecule has 3 rings (SSSR count). The predicted molar refractivity (Wildman–Crippen MR) is 104 cm³/mol. The molecule has 2 N–H and O–H groups in total. The molecule has 1 heterocycles. The molecule has 1 unspecified atom stereocenters. The molecule has 0 fully saturated rings. The zero-order chi connectivity index (χ0) is 18.7. The van der Waals surface area contributed by atoms with Crippen molar-refractivity contribution in [3.8, 4) is 11.3 Å². The van der Waals surface area contributed by atoms with Gasteiger partial charge in [0, 0.05) is 0 Å². The number of aromatic amines is 1. The fourth-order valence-corrected chi connectivity index (χ4v) is 4.57. The largest absolute Gasteiger partial charge is 0.341 e. The molecule has 5 nitrogen and oxygen atoms in total. The number of benzene rings is 2. The quantitative estimate of drug-likeness (QED) is 0.653. The van der Waals surface area contributed by atoms with Crippen molar-refractivity contribution >= 4 is 21.6 Å². The molecular formula is C19H20ClN3O2S. The minimum Gasteiger partial charge on any atom is -0.341 e. The fourth-order valence-electron chi connectivity index (χ4n) is 2.69. The maximum Gasteiger partial charge on any atom is 0.242 e. The smallest absolute Gasteiger partial charge is 0.242 e. The van der Waals surface area contributed by atoms with E-state index < -0.39 is 16.1 Å². The molecule has 3 aromatic rings. The Morgan fingerprint density at radius 2 is 1.92 bits per heavy atom. The molecule has 0 saturated heterocycles. The molecule has 2 aromatic carbocycles. The number of nitrogens with one attached hydrogen (secondary N) is 2. The first-order valence-electron chi connectivity index (χ1n) is 8.29. The van der Waals surface area contributed by atoms with Crippen LogP contribution in [0.4, 0.5) is 0 Å². The number of sulfonamides is 1. The Balaban J connectivity index is 1.87. The van der Waals surface area contributed by atoms with Gasteiger partial charge in [0.25, 0.3) is 0 Å². The Bertz CT molecular complexity index is 1000. The molecule has 1 aromatic heterocycles. The number of aryl methyl sites for hydroxylation is 1. The standard InChI is InChI=1S/C19H20ClN3O2S/c1-3-16(19-21-12-17(22-19)14-7-5-4-6-8-14)23-26(24,25)18-10-9-13(2)11-15(18)20/h4-12,16,23H,3H2,1-2H3,(H,21,22). The number of hydrogen-bond acceptors (Lipinski definition) is 3. The van der Waals surface area contributed by atoms with Crippen LogP contribution >= 0.6 is 11.6 Å². The van der Waals surface area contributed by atoms with Crippen LogP contribution in [-0.2, 0) is 10.0 Å². The van der Waals surface area contributed by atoms with Gasteiger partial charge in [-0.2, -0.15) is 0 Å². The molecule has 0 aliphatic rings. The molecule has 1 atom stereocenters. The summed E-state index contributed by atoms with van der Waals surface area (Å²) in [6, 6.07) is 14.2. The zero-order valence-electron chi connectivity index (χ0n) is 14.5. The van der Waals surface area contributed by atoms with Crippen molar-refractivity contribution in [2.75, 3.05) is 0 Å².